The van der Waals surface area contributed by atoms with Crippen LogP contribution in [0, 0.1) is 12.8 Å². The number of amides is 2. The maximum absolute atomic E-state index is 12.2. The fourth-order valence-corrected chi connectivity index (χ4v) is 1.96. The molecule has 5 nitrogen and oxygen atoms in total. The molecule has 1 aromatic carbocycles. The molecule has 1 atom stereocenters. The lowest BCUT2D eigenvalue weighted by Gasteiger charge is -2.34. The normalized spacial score (nSPS) is 13.4. The number of aryl methyl sites for hydroxylation is 1. The maximum atomic E-state index is 12.2. The molecular formula is C17H26N2O3. The topological polar surface area (TPSA) is 67.4 Å². The van der Waals surface area contributed by atoms with Crippen molar-refractivity contribution in [3.8, 4) is 0 Å². The van der Waals surface area contributed by atoms with Crippen molar-refractivity contribution in [2.45, 2.75) is 46.6 Å². The molecule has 1 rings (SSSR count). The summed E-state index contributed by atoms with van der Waals surface area (Å²) in [4.78, 5) is 23.9. The van der Waals surface area contributed by atoms with Gasteiger partial charge in [-0.2, -0.15) is 0 Å². The van der Waals surface area contributed by atoms with E-state index in [4.69, 9.17) is 4.74 Å². The quantitative estimate of drug-likeness (QED) is 0.791. The van der Waals surface area contributed by atoms with Gasteiger partial charge < -0.3 is 15.4 Å². The molecule has 5 heteroatoms. The minimum atomic E-state index is -0.666. The molecule has 0 radical (unpaired) electrons. The lowest BCUT2D eigenvalue weighted by molar-refractivity contribution is -0.145. The lowest BCUT2D eigenvalue weighted by atomic mass is 9.85. The number of urea groups is 1. The molecule has 0 saturated carbocycles. The van der Waals surface area contributed by atoms with E-state index in [1.807, 2.05) is 52.0 Å². The third kappa shape index (κ3) is 5.39. The van der Waals surface area contributed by atoms with Gasteiger partial charge in [-0.3, -0.25) is 4.79 Å². The summed E-state index contributed by atoms with van der Waals surface area (Å²) in [5.41, 5.74) is 1.17. The monoisotopic (exact) mass is 306 g/mol. The Balaban J connectivity index is 2.71. The predicted molar refractivity (Wildman–Crippen MR) is 87.8 cm³/mol. The van der Waals surface area contributed by atoms with Gasteiger partial charge in [-0.25, -0.2) is 4.79 Å². The Morgan fingerprint density at radius 1 is 1.23 bits per heavy atom. The van der Waals surface area contributed by atoms with Crippen LogP contribution in [0.1, 0.15) is 39.7 Å². The first-order valence-corrected chi connectivity index (χ1v) is 7.58. The fourth-order valence-electron chi connectivity index (χ4n) is 1.96. The van der Waals surface area contributed by atoms with Gasteiger partial charge in [0.1, 0.15) is 0 Å². The number of carbonyl (C=O) groups is 2. The molecule has 0 aliphatic carbocycles. The van der Waals surface area contributed by atoms with Crippen LogP contribution in [0.4, 0.5) is 10.5 Å². The molecule has 1 aromatic rings. The number of esters is 1. The van der Waals surface area contributed by atoms with Crippen molar-refractivity contribution in [1.82, 2.24) is 5.32 Å². The Bertz CT molecular complexity index is 511. The second kappa shape index (κ2) is 7.82. The van der Waals surface area contributed by atoms with Crippen molar-refractivity contribution >= 4 is 17.7 Å². The van der Waals surface area contributed by atoms with Gasteiger partial charge in [0.05, 0.1) is 18.6 Å². The predicted octanol–water partition coefficient (Wildman–Crippen LogP) is 3.48. The van der Waals surface area contributed by atoms with Gasteiger partial charge >= 0.3 is 12.0 Å². The van der Waals surface area contributed by atoms with Gasteiger partial charge in [0.15, 0.2) is 0 Å². The lowest BCUT2D eigenvalue weighted by Crippen LogP contribution is -2.52. The SMILES string of the molecule is CCOC(=O)C[C@@](C)(NC(=O)Nc1ccc(C)cc1)C(C)C. The van der Waals surface area contributed by atoms with Crippen LogP contribution in [0.3, 0.4) is 0 Å². The summed E-state index contributed by atoms with van der Waals surface area (Å²) in [6.45, 7) is 9.86. The number of hydrogen-bond acceptors (Lipinski definition) is 3. The summed E-state index contributed by atoms with van der Waals surface area (Å²) in [6, 6.07) is 7.20. The molecule has 22 heavy (non-hydrogen) atoms. The number of carbonyl (C=O) groups excluding carboxylic acids is 2. The molecule has 0 aliphatic heterocycles. The van der Waals surface area contributed by atoms with Crippen LogP contribution in [-0.2, 0) is 9.53 Å². The zero-order valence-electron chi connectivity index (χ0n) is 14.0. The second-order valence-electron chi connectivity index (χ2n) is 6.00. The molecular weight excluding hydrogens is 280 g/mol. The number of nitrogens with one attached hydrogen (secondary N) is 2. The molecule has 2 N–H and O–H groups in total. The van der Waals surface area contributed by atoms with Crippen LogP contribution in [0.25, 0.3) is 0 Å². The van der Waals surface area contributed by atoms with Gasteiger partial charge in [-0.1, -0.05) is 31.5 Å². The summed E-state index contributed by atoms with van der Waals surface area (Å²) in [7, 11) is 0. The van der Waals surface area contributed by atoms with Gasteiger partial charge in [0, 0.05) is 5.69 Å². The van der Waals surface area contributed by atoms with Gasteiger partial charge in [0.2, 0.25) is 0 Å². The van der Waals surface area contributed by atoms with Crippen LogP contribution in [0.5, 0.6) is 0 Å². The van der Waals surface area contributed by atoms with Crippen LogP contribution in [0.2, 0.25) is 0 Å². The Kier molecular flexibility index (Phi) is 6.40. The highest BCUT2D eigenvalue weighted by Crippen LogP contribution is 2.22. The van der Waals surface area contributed by atoms with E-state index in [0.717, 1.165) is 5.56 Å². The van der Waals surface area contributed by atoms with E-state index < -0.39 is 5.54 Å². The highest BCUT2D eigenvalue weighted by molar-refractivity contribution is 5.90. The number of hydrogen-bond donors (Lipinski definition) is 2. The Morgan fingerprint density at radius 2 is 1.82 bits per heavy atom. The molecule has 2 amide bonds. The van der Waals surface area contributed by atoms with E-state index in [9.17, 15) is 9.59 Å². The van der Waals surface area contributed by atoms with Gasteiger partial charge in [-0.05, 0) is 38.8 Å². The molecule has 0 fully saturated rings. The molecule has 0 spiro atoms. The summed E-state index contributed by atoms with van der Waals surface area (Å²) in [5.74, 6) is -0.227. The molecule has 0 aromatic heterocycles. The Labute approximate surface area is 132 Å². The number of ether oxygens (including phenoxy) is 1. The van der Waals surface area contributed by atoms with E-state index in [1.54, 1.807) is 6.92 Å². The minimum Gasteiger partial charge on any atom is -0.466 e. The van der Waals surface area contributed by atoms with Crippen molar-refractivity contribution < 1.29 is 14.3 Å². The third-order valence-corrected chi connectivity index (χ3v) is 3.80. The first kappa shape index (κ1) is 18.0. The second-order valence-corrected chi connectivity index (χ2v) is 6.00. The first-order valence-electron chi connectivity index (χ1n) is 7.58. The summed E-state index contributed by atoms with van der Waals surface area (Å²) < 4.78 is 4.99. The number of benzene rings is 1. The Morgan fingerprint density at radius 3 is 2.32 bits per heavy atom. The summed E-state index contributed by atoms with van der Waals surface area (Å²) in [6.07, 6.45) is 0.139. The van der Waals surface area contributed by atoms with Crippen LogP contribution in [-0.4, -0.2) is 24.1 Å². The first-order chi connectivity index (χ1) is 10.3. The minimum absolute atomic E-state index is 0.0840. The molecule has 0 bridgehead atoms. The fraction of sp³-hybridized carbons (Fsp3) is 0.529. The van der Waals surface area contributed by atoms with Crippen molar-refractivity contribution in [2.75, 3.05) is 11.9 Å². The van der Waals surface area contributed by atoms with E-state index in [-0.39, 0.29) is 24.3 Å². The van der Waals surface area contributed by atoms with Crippen molar-refractivity contribution in [3.05, 3.63) is 29.8 Å². The van der Waals surface area contributed by atoms with Gasteiger partial charge in [0.25, 0.3) is 0 Å². The van der Waals surface area contributed by atoms with Crippen LogP contribution in [0.15, 0.2) is 24.3 Å². The van der Waals surface area contributed by atoms with Crippen molar-refractivity contribution in [3.63, 3.8) is 0 Å². The average molecular weight is 306 g/mol. The standard InChI is InChI=1S/C17H26N2O3/c1-6-22-15(20)11-17(5,12(2)3)19-16(21)18-14-9-7-13(4)8-10-14/h7-10,12H,6,11H2,1-5H3,(H2,18,19,21)/t17-/m1/s1. The Hall–Kier alpha value is -2.04. The molecule has 0 heterocycles. The largest absolute Gasteiger partial charge is 0.466 e. The summed E-state index contributed by atoms with van der Waals surface area (Å²) >= 11 is 0. The highest BCUT2D eigenvalue weighted by Gasteiger charge is 2.33. The highest BCUT2D eigenvalue weighted by atomic mass is 16.5. The smallest absolute Gasteiger partial charge is 0.319 e. The van der Waals surface area contributed by atoms with E-state index in [0.29, 0.717) is 12.3 Å². The summed E-state index contributed by atoms with van der Waals surface area (Å²) in [5, 5.41) is 5.68. The van der Waals surface area contributed by atoms with Crippen LogP contribution < -0.4 is 10.6 Å². The number of anilines is 1. The zero-order valence-corrected chi connectivity index (χ0v) is 14.0. The molecule has 0 unspecified atom stereocenters. The molecule has 0 saturated heterocycles. The average Bonchev–Trinajstić information content (AvgIpc) is 2.41. The maximum Gasteiger partial charge on any atom is 0.319 e. The van der Waals surface area contributed by atoms with Crippen molar-refractivity contribution in [1.29, 1.82) is 0 Å². The third-order valence-electron chi connectivity index (χ3n) is 3.80. The van der Waals surface area contributed by atoms with Crippen molar-refractivity contribution in [2.24, 2.45) is 5.92 Å². The van der Waals surface area contributed by atoms with E-state index in [1.165, 1.54) is 0 Å². The molecule has 0 aliphatic rings. The zero-order chi connectivity index (χ0) is 16.8. The van der Waals surface area contributed by atoms with Crippen LogP contribution >= 0.6 is 0 Å². The number of rotatable bonds is 6. The van der Waals surface area contributed by atoms with Gasteiger partial charge in [-0.15, -0.1) is 0 Å². The molecule has 122 valence electrons. The van der Waals surface area contributed by atoms with E-state index in [2.05, 4.69) is 10.6 Å². The van der Waals surface area contributed by atoms with E-state index >= 15 is 0 Å².